The Balaban J connectivity index is 1.58. The minimum absolute atomic E-state index is 0.143. The summed E-state index contributed by atoms with van der Waals surface area (Å²) >= 11 is 0. The monoisotopic (exact) mass is 383 g/mol. The SMILES string of the molecule is COc1ccc(OC)c(NC(=O)C2CC2C(=O)Nc2ccc(N(C)C)cc2)c1. The number of carbonyl (C=O) groups is 2. The Kier molecular flexibility index (Phi) is 5.73. The van der Waals surface area contributed by atoms with Crippen molar-refractivity contribution in [2.24, 2.45) is 11.8 Å². The summed E-state index contributed by atoms with van der Waals surface area (Å²) in [6.45, 7) is 0. The molecule has 1 saturated carbocycles. The molecule has 0 heterocycles. The fraction of sp³-hybridized carbons (Fsp3) is 0.333. The Hall–Kier alpha value is -3.22. The van der Waals surface area contributed by atoms with Crippen LogP contribution >= 0.6 is 0 Å². The lowest BCUT2D eigenvalue weighted by Gasteiger charge is -2.13. The van der Waals surface area contributed by atoms with Crippen LogP contribution in [0.4, 0.5) is 17.1 Å². The number of rotatable bonds is 7. The zero-order valence-electron chi connectivity index (χ0n) is 16.5. The zero-order chi connectivity index (χ0) is 20.3. The van der Waals surface area contributed by atoms with E-state index >= 15 is 0 Å². The van der Waals surface area contributed by atoms with Gasteiger partial charge in [0.25, 0.3) is 0 Å². The number of amides is 2. The van der Waals surface area contributed by atoms with E-state index in [1.54, 1.807) is 25.3 Å². The van der Waals surface area contributed by atoms with E-state index < -0.39 is 0 Å². The highest BCUT2D eigenvalue weighted by atomic mass is 16.5. The van der Waals surface area contributed by atoms with Crippen LogP contribution in [0.25, 0.3) is 0 Å². The number of nitrogens with one attached hydrogen (secondary N) is 2. The lowest BCUT2D eigenvalue weighted by molar-refractivity contribution is -0.122. The standard InChI is InChI=1S/C21H25N3O4/c1-24(2)14-7-5-13(6-8-14)22-20(25)16-12-17(16)21(26)23-18-11-15(27-3)9-10-19(18)28-4/h5-11,16-17H,12H2,1-4H3,(H,22,25)(H,23,26). The number of methoxy groups -OCH3 is 2. The highest BCUT2D eigenvalue weighted by Gasteiger charge is 2.48. The van der Waals surface area contributed by atoms with Gasteiger partial charge in [-0.05, 0) is 42.8 Å². The van der Waals surface area contributed by atoms with Crippen molar-refractivity contribution < 1.29 is 19.1 Å². The summed E-state index contributed by atoms with van der Waals surface area (Å²) in [5, 5.41) is 5.71. The Morgan fingerprint density at radius 3 is 2.14 bits per heavy atom. The second-order valence-corrected chi connectivity index (χ2v) is 6.93. The van der Waals surface area contributed by atoms with Crippen LogP contribution in [0, 0.1) is 11.8 Å². The highest BCUT2D eigenvalue weighted by molar-refractivity contribution is 6.03. The molecule has 2 aromatic rings. The summed E-state index contributed by atoms with van der Waals surface area (Å²) in [5.41, 5.74) is 2.29. The number of ether oxygens (including phenoxy) is 2. The molecule has 7 heteroatoms. The highest BCUT2D eigenvalue weighted by Crippen LogP contribution is 2.41. The maximum Gasteiger partial charge on any atom is 0.228 e. The van der Waals surface area contributed by atoms with E-state index in [1.807, 2.05) is 43.3 Å². The van der Waals surface area contributed by atoms with E-state index in [2.05, 4.69) is 10.6 Å². The van der Waals surface area contributed by atoms with E-state index in [0.29, 0.717) is 23.6 Å². The minimum atomic E-state index is -0.350. The van der Waals surface area contributed by atoms with Gasteiger partial charge >= 0.3 is 0 Å². The number of benzene rings is 2. The Labute approximate surface area is 164 Å². The van der Waals surface area contributed by atoms with Crippen LogP contribution in [0.5, 0.6) is 11.5 Å². The molecule has 2 N–H and O–H groups in total. The lowest BCUT2D eigenvalue weighted by atomic mass is 10.2. The van der Waals surface area contributed by atoms with Gasteiger partial charge in [-0.1, -0.05) is 0 Å². The molecule has 1 fully saturated rings. The van der Waals surface area contributed by atoms with Crippen molar-refractivity contribution in [1.82, 2.24) is 0 Å². The lowest BCUT2D eigenvalue weighted by Crippen LogP contribution is -2.21. The van der Waals surface area contributed by atoms with Crippen molar-refractivity contribution in [2.75, 3.05) is 43.8 Å². The summed E-state index contributed by atoms with van der Waals surface area (Å²) in [6.07, 6.45) is 0.528. The maximum absolute atomic E-state index is 12.5. The molecule has 1 aliphatic carbocycles. The van der Waals surface area contributed by atoms with E-state index in [0.717, 1.165) is 11.4 Å². The first-order valence-corrected chi connectivity index (χ1v) is 9.04. The maximum atomic E-state index is 12.5. The molecule has 2 aromatic carbocycles. The molecule has 2 atom stereocenters. The van der Waals surface area contributed by atoms with Crippen LogP contribution in [0.2, 0.25) is 0 Å². The second-order valence-electron chi connectivity index (χ2n) is 6.93. The number of hydrogen-bond acceptors (Lipinski definition) is 5. The molecule has 0 saturated heterocycles. The fourth-order valence-corrected chi connectivity index (χ4v) is 2.99. The summed E-state index contributed by atoms with van der Waals surface area (Å²) in [6, 6.07) is 12.7. The topological polar surface area (TPSA) is 79.9 Å². The van der Waals surface area contributed by atoms with Gasteiger partial charge in [-0.2, -0.15) is 0 Å². The zero-order valence-corrected chi connectivity index (χ0v) is 16.5. The van der Waals surface area contributed by atoms with Crippen LogP contribution in [0.15, 0.2) is 42.5 Å². The van der Waals surface area contributed by atoms with E-state index in [9.17, 15) is 9.59 Å². The number of nitrogens with zero attached hydrogens (tertiary/aromatic N) is 1. The molecule has 3 rings (SSSR count). The van der Waals surface area contributed by atoms with Crippen LogP contribution in [-0.4, -0.2) is 40.1 Å². The summed E-state index contributed by atoms with van der Waals surface area (Å²) in [4.78, 5) is 27.0. The van der Waals surface area contributed by atoms with Gasteiger partial charge in [0.1, 0.15) is 11.5 Å². The molecule has 0 aromatic heterocycles. The average molecular weight is 383 g/mol. The normalized spacial score (nSPS) is 17.4. The van der Waals surface area contributed by atoms with Crippen molar-refractivity contribution in [3.63, 3.8) is 0 Å². The first-order valence-electron chi connectivity index (χ1n) is 9.04. The second kappa shape index (κ2) is 8.21. The third-order valence-electron chi connectivity index (χ3n) is 4.78. The minimum Gasteiger partial charge on any atom is -0.497 e. The largest absolute Gasteiger partial charge is 0.497 e. The van der Waals surface area contributed by atoms with Gasteiger partial charge in [-0.25, -0.2) is 0 Å². The molecule has 2 unspecified atom stereocenters. The van der Waals surface area contributed by atoms with Gasteiger partial charge in [0.15, 0.2) is 0 Å². The van der Waals surface area contributed by atoms with Crippen molar-refractivity contribution >= 4 is 28.9 Å². The molecule has 1 aliphatic rings. The molecule has 148 valence electrons. The van der Waals surface area contributed by atoms with Gasteiger partial charge < -0.3 is 25.0 Å². The first-order chi connectivity index (χ1) is 13.4. The molecular weight excluding hydrogens is 358 g/mol. The van der Waals surface area contributed by atoms with Gasteiger partial charge in [0, 0.05) is 31.5 Å². The predicted molar refractivity (Wildman–Crippen MR) is 109 cm³/mol. The van der Waals surface area contributed by atoms with E-state index in [-0.39, 0.29) is 23.7 Å². The van der Waals surface area contributed by atoms with Crippen molar-refractivity contribution in [1.29, 1.82) is 0 Å². The number of hydrogen-bond donors (Lipinski definition) is 2. The van der Waals surface area contributed by atoms with Crippen LogP contribution in [0.3, 0.4) is 0 Å². The molecule has 2 amide bonds. The summed E-state index contributed by atoms with van der Waals surface area (Å²) in [7, 11) is 7.00. The molecule has 0 aliphatic heterocycles. The molecular formula is C21H25N3O4. The van der Waals surface area contributed by atoms with Gasteiger partial charge in [0.2, 0.25) is 11.8 Å². The van der Waals surface area contributed by atoms with Crippen molar-refractivity contribution in [2.45, 2.75) is 6.42 Å². The third-order valence-corrected chi connectivity index (χ3v) is 4.78. The van der Waals surface area contributed by atoms with Gasteiger partial charge in [-0.15, -0.1) is 0 Å². The Bertz CT molecular complexity index is 864. The van der Waals surface area contributed by atoms with Crippen LogP contribution in [-0.2, 0) is 9.59 Å². The molecule has 0 bridgehead atoms. The average Bonchev–Trinajstić information content (AvgIpc) is 3.49. The molecule has 0 radical (unpaired) electrons. The van der Waals surface area contributed by atoms with Crippen LogP contribution in [0.1, 0.15) is 6.42 Å². The fourth-order valence-electron chi connectivity index (χ4n) is 2.99. The van der Waals surface area contributed by atoms with Crippen LogP contribution < -0.4 is 25.0 Å². The van der Waals surface area contributed by atoms with Gasteiger partial charge in [-0.3, -0.25) is 9.59 Å². The smallest absolute Gasteiger partial charge is 0.228 e. The Morgan fingerprint density at radius 2 is 1.57 bits per heavy atom. The third kappa shape index (κ3) is 4.36. The quantitative estimate of drug-likeness (QED) is 0.768. The predicted octanol–water partition coefficient (Wildman–Crippen LogP) is 2.98. The summed E-state index contributed by atoms with van der Waals surface area (Å²) < 4.78 is 10.5. The number of anilines is 3. The first kappa shape index (κ1) is 19.5. The molecule has 0 spiro atoms. The molecule has 7 nitrogen and oxygen atoms in total. The van der Waals surface area contributed by atoms with E-state index in [4.69, 9.17) is 9.47 Å². The number of carbonyl (C=O) groups excluding carboxylic acids is 2. The molecule has 28 heavy (non-hydrogen) atoms. The Morgan fingerprint density at radius 1 is 0.929 bits per heavy atom. The van der Waals surface area contributed by atoms with E-state index in [1.165, 1.54) is 7.11 Å². The summed E-state index contributed by atoms with van der Waals surface area (Å²) in [5.74, 6) is 0.131. The van der Waals surface area contributed by atoms with Crippen molar-refractivity contribution in [3.05, 3.63) is 42.5 Å². The van der Waals surface area contributed by atoms with Gasteiger partial charge in [0.05, 0.1) is 31.7 Å². The van der Waals surface area contributed by atoms with Crippen molar-refractivity contribution in [3.8, 4) is 11.5 Å².